The zero-order valence-electron chi connectivity index (χ0n) is 12.4. The summed E-state index contributed by atoms with van der Waals surface area (Å²) in [6.45, 7) is 8.26. The maximum atomic E-state index is 13.8. The van der Waals surface area contributed by atoms with Crippen molar-refractivity contribution in [3.05, 3.63) is 29.3 Å². The maximum absolute atomic E-state index is 13.8. The van der Waals surface area contributed by atoms with Crippen LogP contribution in [0.5, 0.6) is 5.75 Å². The van der Waals surface area contributed by atoms with E-state index in [1.165, 1.54) is 12.1 Å². The lowest BCUT2D eigenvalue weighted by atomic mass is 10.1. The van der Waals surface area contributed by atoms with Crippen LogP contribution >= 0.6 is 0 Å². The van der Waals surface area contributed by atoms with Crippen molar-refractivity contribution in [2.45, 2.75) is 46.2 Å². The van der Waals surface area contributed by atoms with Gasteiger partial charge >= 0.3 is 0 Å². The maximum Gasteiger partial charge on any atom is 0.190 e. The van der Waals surface area contributed by atoms with E-state index in [0.717, 1.165) is 0 Å². The van der Waals surface area contributed by atoms with E-state index < -0.39 is 11.6 Å². The topological polar surface area (TPSA) is 21.3 Å². The number of nitrogens with one attached hydrogen (secondary N) is 1. The van der Waals surface area contributed by atoms with Gasteiger partial charge in [-0.05, 0) is 45.4 Å². The second-order valence-electron chi connectivity index (χ2n) is 5.52. The summed E-state index contributed by atoms with van der Waals surface area (Å²) in [4.78, 5) is 0. The van der Waals surface area contributed by atoms with E-state index in [2.05, 4.69) is 17.2 Å². The van der Waals surface area contributed by atoms with Crippen molar-refractivity contribution in [2.75, 3.05) is 6.61 Å². The van der Waals surface area contributed by atoms with Crippen LogP contribution in [0.1, 0.15) is 39.7 Å². The fraction of sp³-hybridized carbons (Fsp3) is 0.500. The molecule has 0 radical (unpaired) electrons. The highest BCUT2D eigenvalue weighted by atomic mass is 19.1. The second kappa shape index (κ2) is 7.25. The quantitative estimate of drug-likeness (QED) is 0.657. The summed E-state index contributed by atoms with van der Waals surface area (Å²) >= 11 is 0. The minimum atomic E-state index is -0.680. The minimum absolute atomic E-state index is 0.110. The van der Waals surface area contributed by atoms with Crippen molar-refractivity contribution in [1.29, 1.82) is 0 Å². The molecule has 1 rings (SSSR count). The summed E-state index contributed by atoms with van der Waals surface area (Å²) in [6, 6.07) is 2.59. The molecular weight excluding hydrogens is 260 g/mol. The number of benzene rings is 1. The summed E-state index contributed by atoms with van der Waals surface area (Å²) in [7, 11) is 0. The Balaban J connectivity index is 2.72. The van der Waals surface area contributed by atoms with Gasteiger partial charge in [0.15, 0.2) is 17.4 Å². The second-order valence-corrected chi connectivity index (χ2v) is 5.52. The number of hydrogen-bond acceptors (Lipinski definition) is 2. The van der Waals surface area contributed by atoms with Gasteiger partial charge in [-0.1, -0.05) is 0 Å². The third kappa shape index (κ3) is 5.58. The van der Waals surface area contributed by atoms with Gasteiger partial charge < -0.3 is 10.1 Å². The molecule has 0 atom stereocenters. The van der Waals surface area contributed by atoms with Crippen molar-refractivity contribution in [3.63, 3.8) is 0 Å². The van der Waals surface area contributed by atoms with Crippen molar-refractivity contribution in [1.82, 2.24) is 5.32 Å². The van der Waals surface area contributed by atoms with E-state index in [9.17, 15) is 8.78 Å². The van der Waals surface area contributed by atoms with Crippen molar-refractivity contribution < 1.29 is 13.5 Å². The SMILES string of the molecule is CC#CCCOc1c(F)cc(CNC(C)(C)C)cc1F. The van der Waals surface area contributed by atoms with Gasteiger partial charge in [-0.15, -0.1) is 11.8 Å². The first kappa shape index (κ1) is 16.5. The molecule has 0 bridgehead atoms. The summed E-state index contributed by atoms with van der Waals surface area (Å²) in [5.74, 6) is 3.78. The van der Waals surface area contributed by atoms with Crippen LogP contribution in [-0.2, 0) is 6.54 Å². The first-order valence-electron chi connectivity index (χ1n) is 6.59. The van der Waals surface area contributed by atoms with Crippen LogP contribution in [0.3, 0.4) is 0 Å². The Morgan fingerprint density at radius 1 is 1.20 bits per heavy atom. The van der Waals surface area contributed by atoms with E-state index >= 15 is 0 Å². The summed E-state index contributed by atoms with van der Waals surface area (Å²) < 4.78 is 32.7. The minimum Gasteiger partial charge on any atom is -0.487 e. The van der Waals surface area contributed by atoms with Crippen LogP contribution in [-0.4, -0.2) is 12.1 Å². The molecule has 0 saturated carbocycles. The van der Waals surface area contributed by atoms with Crippen molar-refractivity contribution in [3.8, 4) is 17.6 Å². The zero-order chi connectivity index (χ0) is 15.2. The third-order valence-corrected chi connectivity index (χ3v) is 2.53. The molecule has 0 aliphatic rings. The van der Waals surface area contributed by atoms with E-state index in [0.29, 0.717) is 18.5 Å². The van der Waals surface area contributed by atoms with E-state index in [4.69, 9.17) is 4.74 Å². The highest BCUT2D eigenvalue weighted by molar-refractivity contribution is 5.31. The Morgan fingerprint density at radius 2 is 1.80 bits per heavy atom. The average Bonchev–Trinajstić information content (AvgIpc) is 2.34. The molecule has 0 aliphatic carbocycles. The van der Waals surface area contributed by atoms with Gasteiger partial charge in [0.05, 0.1) is 6.61 Å². The molecule has 0 unspecified atom stereocenters. The summed E-state index contributed by atoms with van der Waals surface area (Å²) in [5.41, 5.74) is 0.441. The van der Waals surface area contributed by atoms with Gasteiger partial charge in [-0.25, -0.2) is 8.78 Å². The number of halogens is 2. The normalized spacial score (nSPS) is 10.9. The average molecular weight is 281 g/mol. The molecule has 0 spiro atoms. The lowest BCUT2D eigenvalue weighted by molar-refractivity contribution is 0.292. The fourth-order valence-electron chi connectivity index (χ4n) is 1.55. The Labute approximate surface area is 119 Å². The monoisotopic (exact) mass is 281 g/mol. The molecule has 4 heteroatoms. The van der Waals surface area contributed by atoms with Crippen molar-refractivity contribution in [2.24, 2.45) is 0 Å². The molecule has 1 N–H and O–H groups in total. The van der Waals surface area contributed by atoms with Crippen LogP contribution in [0, 0.1) is 23.5 Å². The highest BCUT2D eigenvalue weighted by Gasteiger charge is 2.14. The van der Waals surface area contributed by atoms with Gasteiger partial charge in [-0.2, -0.15) is 0 Å². The summed E-state index contributed by atoms with van der Waals surface area (Å²) in [6.07, 6.45) is 0.447. The largest absolute Gasteiger partial charge is 0.487 e. The molecule has 20 heavy (non-hydrogen) atoms. The Morgan fingerprint density at radius 3 is 2.30 bits per heavy atom. The Hall–Kier alpha value is -1.60. The highest BCUT2D eigenvalue weighted by Crippen LogP contribution is 2.23. The smallest absolute Gasteiger partial charge is 0.190 e. The van der Waals surface area contributed by atoms with Crippen LogP contribution in [0.2, 0.25) is 0 Å². The van der Waals surface area contributed by atoms with Crippen LogP contribution < -0.4 is 10.1 Å². The third-order valence-electron chi connectivity index (χ3n) is 2.53. The Bertz CT molecular complexity index is 486. The van der Waals surface area contributed by atoms with Gasteiger partial charge in [0.1, 0.15) is 0 Å². The molecule has 0 amide bonds. The zero-order valence-corrected chi connectivity index (χ0v) is 12.4. The molecule has 0 saturated heterocycles. The predicted molar refractivity (Wildman–Crippen MR) is 76.5 cm³/mol. The van der Waals surface area contributed by atoms with E-state index in [1.54, 1.807) is 6.92 Å². The Kier molecular flexibility index (Phi) is 5.97. The molecule has 0 aromatic heterocycles. The molecule has 0 fully saturated rings. The lowest BCUT2D eigenvalue weighted by Crippen LogP contribution is -2.35. The van der Waals surface area contributed by atoms with Gasteiger partial charge in [0.2, 0.25) is 0 Å². The number of hydrogen-bond donors (Lipinski definition) is 1. The molecule has 0 aliphatic heterocycles. The molecular formula is C16H21F2NO. The van der Waals surface area contributed by atoms with Crippen LogP contribution in [0.4, 0.5) is 8.78 Å². The molecule has 0 heterocycles. The standard InChI is InChI=1S/C16H21F2NO/c1-5-6-7-8-20-15-13(17)9-12(10-14(15)18)11-19-16(2,3)4/h9-10,19H,7-8,11H2,1-4H3. The van der Waals surface area contributed by atoms with Crippen LogP contribution in [0.15, 0.2) is 12.1 Å². The van der Waals surface area contributed by atoms with Gasteiger partial charge in [-0.3, -0.25) is 0 Å². The molecule has 2 nitrogen and oxygen atoms in total. The first-order valence-corrected chi connectivity index (χ1v) is 6.59. The van der Waals surface area contributed by atoms with Crippen molar-refractivity contribution >= 4 is 0 Å². The number of ether oxygens (including phenoxy) is 1. The first-order chi connectivity index (χ1) is 9.33. The molecule has 1 aromatic carbocycles. The predicted octanol–water partition coefficient (Wildman–Crippen LogP) is 3.65. The summed E-state index contributed by atoms with van der Waals surface area (Å²) in [5, 5.41) is 3.18. The van der Waals surface area contributed by atoms with E-state index in [-0.39, 0.29) is 17.9 Å². The fourth-order valence-corrected chi connectivity index (χ4v) is 1.55. The van der Waals surface area contributed by atoms with E-state index in [1.807, 2.05) is 20.8 Å². The lowest BCUT2D eigenvalue weighted by Gasteiger charge is -2.20. The molecule has 1 aromatic rings. The van der Waals surface area contributed by atoms with Crippen LogP contribution in [0.25, 0.3) is 0 Å². The molecule has 110 valence electrons. The van der Waals surface area contributed by atoms with Gasteiger partial charge in [0, 0.05) is 18.5 Å². The van der Waals surface area contributed by atoms with Gasteiger partial charge in [0.25, 0.3) is 0 Å². The number of rotatable bonds is 5.